The van der Waals surface area contributed by atoms with Gasteiger partial charge in [0, 0.05) is 51.2 Å². The summed E-state index contributed by atoms with van der Waals surface area (Å²) >= 11 is 0. The minimum Gasteiger partial charge on any atom is -0.383 e. The van der Waals surface area contributed by atoms with E-state index in [2.05, 4.69) is 37.8 Å². The second kappa shape index (κ2) is 12.4. The third-order valence-corrected chi connectivity index (χ3v) is 6.68. The van der Waals surface area contributed by atoms with Crippen LogP contribution in [-0.2, 0) is 9.47 Å². The molecule has 2 aromatic heterocycles. The van der Waals surface area contributed by atoms with Gasteiger partial charge in [-0.3, -0.25) is 0 Å². The number of hydrogen-bond acceptors (Lipinski definition) is 8. The van der Waals surface area contributed by atoms with E-state index in [1.165, 1.54) is 6.20 Å². The Balaban J connectivity index is 1.34. The summed E-state index contributed by atoms with van der Waals surface area (Å²) in [4.78, 5) is 13.2. The molecule has 8 nitrogen and oxygen atoms in total. The van der Waals surface area contributed by atoms with Gasteiger partial charge in [-0.25, -0.2) is 19.3 Å². The fourth-order valence-electron chi connectivity index (χ4n) is 4.79. The SMILES string of the molecule is COC[C@@H](C)NC1CCC(Nc2cc(-c3nccc(NCC4CCOCC4)n3)c(F)cn2)CC1. The average Bonchev–Trinajstić information content (AvgIpc) is 2.86. The van der Waals surface area contributed by atoms with Crippen LogP contribution in [0.25, 0.3) is 11.4 Å². The molecular weight excluding hydrogens is 435 g/mol. The summed E-state index contributed by atoms with van der Waals surface area (Å²) in [6, 6.07) is 4.71. The zero-order valence-electron chi connectivity index (χ0n) is 20.2. The molecule has 1 saturated heterocycles. The molecule has 0 radical (unpaired) electrons. The van der Waals surface area contributed by atoms with Crippen molar-refractivity contribution < 1.29 is 13.9 Å². The maximum Gasteiger partial charge on any atom is 0.164 e. The molecule has 0 bridgehead atoms. The highest BCUT2D eigenvalue weighted by Crippen LogP contribution is 2.26. The Hall–Kier alpha value is -2.36. The molecule has 186 valence electrons. The highest BCUT2D eigenvalue weighted by atomic mass is 19.1. The Bertz CT molecular complexity index is 903. The molecule has 0 amide bonds. The van der Waals surface area contributed by atoms with E-state index in [9.17, 15) is 4.39 Å². The Kier molecular flexibility index (Phi) is 9.01. The molecular formula is C25H37FN6O2. The number of methoxy groups -OCH3 is 1. The monoisotopic (exact) mass is 472 g/mol. The van der Waals surface area contributed by atoms with E-state index in [0.717, 1.165) is 64.9 Å². The molecule has 4 rings (SSSR count). The molecule has 1 atom stereocenters. The lowest BCUT2D eigenvalue weighted by molar-refractivity contribution is 0.0699. The minimum atomic E-state index is -0.424. The average molecular weight is 473 g/mol. The maximum atomic E-state index is 14.7. The van der Waals surface area contributed by atoms with Gasteiger partial charge in [0.1, 0.15) is 11.6 Å². The molecule has 3 heterocycles. The lowest BCUT2D eigenvalue weighted by Gasteiger charge is -2.31. The summed E-state index contributed by atoms with van der Waals surface area (Å²) in [6.45, 7) is 5.31. The van der Waals surface area contributed by atoms with Crippen molar-refractivity contribution in [3.63, 3.8) is 0 Å². The summed E-state index contributed by atoms with van der Waals surface area (Å²) in [6.07, 6.45) is 9.25. The molecule has 2 fully saturated rings. The lowest BCUT2D eigenvalue weighted by atomic mass is 9.90. The number of nitrogens with zero attached hydrogens (tertiary/aromatic N) is 3. The molecule has 3 N–H and O–H groups in total. The van der Waals surface area contributed by atoms with Gasteiger partial charge in [0.05, 0.1) is 18.4 Å². The molecule has 1 saturated carbocycles. The van der Waals surface area contributed by atoms with E-state index in [1.54, 1.807) is 19.4 Å². The van der Waals surface area contributed by atoms with E-state index in [0.29, 0.717) is 47.1 Å². The Morgan fingerprint density at radius 3 is 2.62 bits per heavy atom. The second-order valence-electron chi connectivity index (χ2n) is 9.47. The molecule has 0 aromatic carbocycles. The number of anilines is 2. The van der Waals surface area contributed by atoms with E-state index >= 15 is 0 Å². The van der Waals surface area contributed by atoms with Crippen molar-refractivity contribution in [3.8, 4) is 11.4 Å². The van der Waals surface area contributed by atoms with Crippen LogP contribution in [0.2, 0.25) is 0 Å². The van der Waals surface area contributed by atoms with Gasteiger partial charge in [0.15, 0.2) is 11.6 Å². The van der Waals surface area contributed by atoms with Gasteiger partial charge in [-0.2, -0.15) is 0 Å². The summed E-state index contributed by atoms with van der Waals surface area (Å²) in [5.74, 6) is 1.86. The third kappa shape index (κ3) is 7.07. The predicted molar refractivity (Wildman–Crippen MR) is 131 cm³/mol. The molecule has 2 aliphatic rings. The second-order valence-corrected chi connectivity index (χ2v) is 9.47. The number of pyridine rings is 1. The highest BCUT2D eigenvalue weighted by Gasteiger charge is 2.23. The van der Waals surface area contributed by atoms with E-state index < -0.39 is 5.82 Å². The van der Waals surface area contributed by atoms with Gasteiger partial charge in [0.25, 0.3) is 0 Å². The van der Waals surface area contributed by atoms with Crippen molar-refractivity contribution >= 4 is 11.6 Å². The molecule has 9 heteroatoms. The van der Waals surface area contributed by atoms with Crippen molar-refractivity contribution in [1.29, 1.82) is 0 Å². The molecule has 1 aliphatic carbocycles. The normalized spacial score (nSPS) is 22.3. The van der Waals surface area contributed by atoms with Gasteiger partial charge in [0.2, 0.25) is 0 Å². The smallest absolute Gasteiger partial charge is 0.164 e. The number of ether oxygens (including phenoxy) is 2. The van der Waals surface area contributed by atoms with E-state index in [1.807, 2.05) is 6.07 Å². The van der Waals surface area contributed by atoms with Crippen LogP contribution >= 0.6 is 0 Å². The Morgan fingerprint density at radius 1 is 1.09 bits per heavy atom. The van der Waals surface area contributed by atoms with E-state index in [4.69, 9.17) is 9.47 Å². The minimum absolute atomic E-state index is 0.315. The Labute approximate surface area is 201 Å². The van der Waals surface area contributed by atoms with Crippen molar-refractivity contribution in [1.82, 2.24) is 20.3 Å². The van der Waals surface area contributed by atoms with Crippen LogP contribution in [0.5, 0.6) is 0 Å². The zero-order valence-corrected chi connectivity index (χ0v) is 20.2. The largest absolute Gasteiger partial charge is 0.383 e. The van der Waals surface area contributed by atoms with Crippen LogP contribution in [-0.4, -0.2) is 66.6 Å². The van der Waals surface area contributed by atoms with Crippen LogP contribution in [0, 0.1) is 11.7 Å². The molecule has 0 unspecified atom stereocenters. The number of nitrogens with one attached hydrogen (secondary N) is 3. The fourth-order valence-corrected chi connectivity index (χ4v) is 4.79. The first-order valence-electron chi connectivity index (χ1n) is 12.4. The van der Waals surface area contributed by atoms with Crippen molar-refractivity contribution in [2.24, 2.45) is 5.92 Å². The highest BCUT2D eigenvalue weighted by molar-refractivity contribution is 5.61. The van der Waals surface area contributed by atoms with Crippen LogP contribution in [0.15, 0.2) is 24.5 Å². The van der Waals surface area contributed by atoms with Crippen molar-refractivity contribution in [3.05, 3.63) is 30.3 Å². The number of halogens is 1. The molecule has 1 aliphatic heterocycles. The van der Waals surface area contributed by atoms with Crippen LogP contribution in [0.3, 0.4) is 0 Å². The van der Waals surface area contributed by atoms with Crippen molar-refractivity contribution in [2.75, 3.05) is 44.1 Å². The van der Waals surface area contributed by atoms with Gasteiger partial charge in [-0.1, -0.05) is 0 Å². The van der Waals surface area contributed by atoms with Gasteiger partial charge < -0.3 is 25.4 Å². The van der Waals surface area contributed by atoms with Crippen LogP contribution in [0.1, 0.15) is 45.4 Å². The first-order valence-corrected chi connectivity index (χ1v) is 12.4. The predicted octanol–water partition coefficient (Wildman–Crippen LogP) is 3.86. The molecule has 34 heavy (non-hydrogen) atoms. The first kappa shape index (κ1) is 24.8. The van der Waals surface area contributed by atoms with Crippen LogP contribution < -0.4 is 16.0 Å². The van der Waals surface area contributed by atoms with Gasteiger partial charge in [-0.05, 0) is 63.5 Å². The summed E-state index contributed by atoms with van der Waals surface area (Å²) in [7, 11) is 1.73. The maximum absolute atomic E-state index is 14.7. The summed E-state index contributed by atoms with van der Waals surface area (Å²) in [5, 5.41) is 10.5. The topological polar surface area (TPSA) is 93.2 Å². The fraction of sp³-hybridized carbons (Fsp3) is 0.640. The van der Waals surface area contributed by atoms with E-state index in [-0.39, 0.29) is 0 Å². The summed E-state index contributed by atoms with van der Waals surface area (Å²) in [5.41, 5.74) is 0.357. The zero-order chi connectivity index (χ0) is 23.8. The number of hydrogen-bond donors (Lipinski definition) is 3. The Morgan fingerprint density at radius 2 is 1.85 bits per heavy atom. The van der Waals surface area contributed by atoms with Gasteiger partial charge >= 0.3 is 0 Å². The quantitative estimate of drug-likeness (QED) is 0.480. The third-order valence-electron chi connectivity index (χ3n) is 6.68. The number of rotatable bonds is 10. The summed E-state index contributed by atoms with van der Waals surface area (Å²) < 4.78 is 25.3. The number of aromatic nitrogens is 3. The standard InChI is InChI=1S/C25H37FN6O2/c1-17(16-33-2)30-19-3-5-20(6-4-19)31-24-13-21(22(26)15-29-24)25-27-10-7-23(32-25)28-14-18-8-11-34-12-9-18/h7,10,13,15,17-20,30H,3-6,8-9,11-12,14,16H2,1-2H3,(H,29,31)(H,27,28,32)/t17-,19?,20?/m1/s1. The first-order chi connectivity index (χ1) is 16.6. The van der Waals surface area contributed by atoms with Gasteiger partial charge in [-0.15, -0.1) is 0 Å². The van der Waals surface area contributed by atoms with Crippen molar-refractivity contribution in [2.45, 2.75) is 63.6 Å². The van der Waals surface area contributed by atoms with Crippen LogP contribution in [0.4, 0.5) is 16.0 Å². The molecule has 2 aromatic rings. The lowest BCUT2D eigenvalue weighted by Crippen LogP contribution is -2.42. The molecule has 0 spiro atoms.